The maximum Gasteiger partial charge on any atom is 0.277 e. The molecular formula is C12H16N4O2. The molecule has 6 heteroatoms. The summed E-state index contributed by atoms with van der Waals surface area (Å²) in [6.07, 6.45) is 3.22. The van der Waals surface area contributed by atoms with Gasteiger partial charge in [-0.2, -0.15) is 4.52 Å². The average Bonchev–Trinajstić information content (AvgIpc) is 2.72. The van der Waals surface area contributed by atoms with Crippen molar-refractivity contribution >= 4 is 11.6 Å². The number of carbonyl (C=O) groups is 1. The minimum atomic E-state index is -1.03. The van der Waals surface area contributed by atoms with Crippen molar-refractivity contribution in [3.8, 4) is 0 Å². The summed E-state index contributed by atoms with van der Waals surface area (Å²) in [6, 6.07) is 1.76. The van der Waals surface area contributed by atoms with E-state index in [0.29, 0.717) is 17.8 Å². The van der Waals surface area contributed by atoms with Crippen molar-refractivity contribution in [1.82, 2.24) is 14.2 Å². The Morgan fingerprint density at radius 1 is 1.50 bits per heavy atom. The summed E-state index contributed by atoms with van der Waals surface area (Å²) in [6.45, 7) is 5.82. The third kappa shape index (κ3) is 1.61. The monoisotopic (exact) mass is 248 g/mol. The fourth-order valence-corrected chi connectivity index (χ4v) is 1.85. The molecule has 0 unspecified atom stereocenters. The Labute approximate surface area is 104 Å². The minimum absolute atomic E-state index is 0.254. The van der Waals surface area contributed by atoms with Crippen molar-refractivity contribution in [2.45, 2.75) is 32.7 Å². The summed E-state index contributed by atoms with van der Waals surface area (Å²) in [7, 11) is 0. The van der Waals surface area contributed by atoms with Gasteiger partial charge in [0.1, 0.15) is 0 Å². The van der Waals surface area contributed by atoms with Crippen LogP contribution in [0.4, 0.5) is 0 Å². The smallest absolute Gasteiger partial charge is 0.277 e. The fraction of sp³-hybridized carbons (Fsp3) is 0.417. The molecular weight excluding hydrogens is 232 g/mol. The van der Waals surface area contributed by atoms with Crippen molar-refractivity contribution in [3.63, 3.8) is 0 Å². The van der Waals surface area contributed by atoms with Crippen molar-refractivity contribution in [2.24, 2.45) is 5.73 Å². The van der Waals surface area contributed by atoms with Crippen LogP contribution >= 0.6 is 0 Å². The second kappa shape index (κ2) is 3.97. The molecule has 2 aromatic rings. The van der Waals surface area contributed by atoms with E-state index >= 15 is 0 Å². The Bertz CT molecular complexity index is 666. The van der Waals surface area contributed by atoms with Gasteiger partial charge < -0.3 is 5.73 Å². The van der Waals surface area contributed by atoms with Gasteiger partial charge in [0.2, 0.25) is 5.91 Å². The maximum absolute atomic E-state index is 12.4. The Kier molecular flexibility index (Phi) is 2.73. The molecule has 6 nitrogen and oxygen atoms in total. The number of nitrogens with two attached hydrogens (primary N) is 1. The molecule has 0 aromatic carbocycles. The van der Waals surface area contributed by atoms with Crippen LogP contribution < -0.4 is 11.3 Å². The second-order valence-electron chi connectivity index (χ2n) is 4.71. The zero-order chi connectivity index (χ0) is 13.5. The van der Waals surface area contributed by atoms with Gasteiger partial charge in [-0.15, -0.1) is 0 Å². The molecule has 0 atom stereocenters. The SMILES string of the molecule is CCn1ccc2ncc(C(C)(C)C(N)=O)c(=O)n21. The highest BCUT2D eigenvalue weighted by Gasteiger charge is 2.31. The van der Waals surface area contributed by atoms with Gasteiger partial charge in [-0.1, -0.05) is 0 Å². The van der Waals surface area contributed by atoms with E-state index in [1.165, 1.54) is 10.7 Å². The lowest BCUT2D eigenvalue weighted by Gasteiger charge is -2.19. The molecule has 1 amide bonds. The molecule has 0 aliphatic carbocycles. The number of amides is 1. The summed E-state index contributed by atoms with van der Waals surface area (Å²) >= 11 is 0. The Morgan fingerprint density at radius 3 is 2.72 bits per heavy atom. The van der Waals surface area contributed by atoms with Crippen LogP contribution in [0.15, 0.2) is 23.3 Å². The maximum atomic E-state index is 12.4. The van der Waals surface area contributed by atoms with Crippen LogP contribution in [0.1, 0.15) is 26.3 Å². The van der Waals surface area contributed by atoms with Gasteiger partial charge in [-0.25, -0.2) is 4.98 Å². The first-order valence-electron chi connectivity index (χ1n) is 5.77. The summed E-state index contributed by atoms with van der Waals surface area (Å²) < 4.78 is 3.20. The molecule has 96 valence electrons. The second-order valence-corrected chi connectivity index (χ2v) is 4.71. The van der Waals surface area contributed by atoms with Gasteiger partial charge >= 0.3 is 0 Å². The van der Waals surface area contributed by atoms with Crippen molar-refractivity contribution in [1.29, 1.82) is 0 Å². The van der Waals surface area contributed by atoms with E-state index in [-0.39, 0.29) is 5.56 Å². The van der Waals surface area contributed by atoms with E-state index in [1.54, 1.807) is 30.8 Å². The number of aryl methyl sites for hydroxylation is 1. The zero-order valence-corrected chi connectivity index (χ0v) is 10.7. The Morgan fingerprint density at radius 2 is 2.17 bits per heavy atom. The zero-order valence-electron chi connectivity index (χ0n) is 10.7. The van der Waals surface area contributed by atoms with E-state index in [2.05, 4.69) is 4.98 Å². The van der Waals surface area contributed by atoms with Gasteiger partial charge in [-0.05, 0) is 20.8 Å². The van der Waals surface area contributed by atoms with E-state index in [9.17, 15) is 9.59 Å². The van der Waals surface area contributed by atoms with Gasteiger partial charge in [0.15, 0.2) is 5.65 Å². The first-order chi connectivity index (χ1) is 8.39. The Balaban J connectivity index is 2.79. The molecule has 0 bridgehead atoms. The van der Waals surface area contributed by atoms with Crippen LogP contribution in [0.2, 0.25) is 0 Å². The highest BCUT2D eigenvalue weighted by Crippen LogP contribution is 2.18. The molecule has 0 aliphatic heterocycles. The topological polar surface area (TPSA) is 82.4 Å². The van der Waals surface area contributed by atoms with E-state index < -0.39 is 11.3 Å². The van der Waals surface area contributed by atoms with Gasteiger partial charge in [0, 0.05) is 25.0 Å². The molecule has 2 aromatic heterocycles. The highest BCUT2D eigenvalue weighted by molar-refractivity contribution is 5.85. The molecule has 0 aliphatic rings. The normalized spacial score (nSPS) is 11.9. The first-order valence-corrected chi connectivity index (χ1v) is 5.77. The summed E-state index contributed by atoms with van der Waals surface area (Å²) in [5.74, 6) is -0.545. The van der Waals surface area contributed by atoms with E-state index in [0.717, 1.165) is 0 Å². The van der Waals surface area contributed by atoms with Gasteiger partial charge in [0.05, 0.1) is 11.0 Å². The largest absolute Gasteiger partial charge is 0.369 e. The lowest BCUT2D eigenvalue weighted by Crippen LogP contribution is -2.41. The highest BCUT2D eigenvalue weighted by atomic mass is 16.2. The number of fused-ring (bicyclic) bond motifs is 1. The lowest BCUT2D eigenvalue weighted by molar-refractivity contribution is -0.122. The van der Waals surface area contributed by atoms with Crippen LogP contribution in [0, 0.1) is 0 Å². The predicted molar refractivity (Wildman–Crippen MR) is 67.3 cm³/mol. The number of hydrogen-bond donors (Lipinski definition) is 1. The van der Waals surface area contributed by atoms with Crippen LogP contribution in [-0.4, -0.2) is 20.1 Å². The molecule has 2 N–H and O–H groups in total. The molecule has 0 fully saturated rings. The first kappa shape index (κ1) is 12.3. The van der Waals surface area contributed by atoms with Crippen molar-refractivity contribution in [3.05, 3.63) is 34.4 Å². The average molecular weight is 248 g/mol. The summed E-state index contributed by atoms with van der Waals surface area (Å²) in [5, 5.41) is 0. The molecule has 18 heavy (non-hydrogen) atoms. The molecule has 2 rings (SSSR count). The molecule has 0 spiro atoms. The van der Waals surface area contributed by atoms with Crippen molar-refractivity contribution < 1.29 is 4.79 Å². The number of nitrogens with zero attached hydrogens (tertiary/aromatic N) is 3. The predicted octanol–water partition coefficient (Wildman–Crippen LogP) is 0.279. The standard InChI is InChI=1S/C12H16N4O2/c1-4-15-6-5-9-14-7-8(10(17)16(9)15)12(2,3)11(13)18/h5-7H,4H2,1-3H3,(H2,13,18). The van der Waals surface area contributed by atoms with E-state index in [1.807, 2.05) is 6.92 Å². The number of primary amides is 1. The number of aromatic nitrogens is 3. The van der Waals surface area contributed by atoms with Gasteiger partial charge in [-0.3, -0.25) is 14.3 Å². The third-order valence-corrected chi connectivity index (χ3v) is 3.23. The van der Waals surface area contributed by atoms with Gasteiger partial charge in [0.25, 0.3) is 5.56 Å². The summed E-state index contributed by atoms with van der Waals surface area (Å²) in [5.41, 5.74) is 4.92. The minimum Gasteiger partial charge on any atom is -0.369 e. The molecule has 0 saturated carbocycles. The third-order valence-electron chi connectivity index (χ3n) is 3.23. The van der Waals surface area contributed by atoms with Crippen molar-refractivity contribution in [2.75, 3.05) is 0 Å². The van der Waals surface area contributed by atoms with E-state index in [4.69, 9.17) is 5.73 Å². The van der Waals surface area contributed by atoms with Crippen LogP contribution in [-0.2, 0) is 16.8 Å². The number of hydrogen-bond acceptors (Lipinski definition) is 3. The Hall–Kier alpha value is -2.11. The molecule has 0 radical (unpaired) electrons. The number of carbonyl (C=O) groups excluding carboxylic acids is 1. The molecule has 2 heterocycles. The van der Waals surface area contributed by atoms with Crippen LogP contribution in [0.25, 0.3) is 5.65 Å². The number of rotatable bonds is 3. The summed E-state index contributed by atoms with van der Waals surface area (Å²) in [4.78, 5) is 28.1. The quantitative estimate of drug-likeness (QED) is 0.846. The van der Waals surface area contributed by atoms with Crippen LogP contribution in [0.3, 0.4) is 0 Å². The fourth-order valence-electron chi connectivity index (χ4n) is 1.85. The molecule has 0 saturated heterocycles. The lowest BCUT2D eigenvalue weighted by atomic mass is 9.86. The van der Waals surface area contributed by atoms with Crippen LogP contribution in [0.5, 0.6) is 0 Å².